The van der Waals surface area contributed by atoms with Crippen molar-refractivity contribution < 1.29 is 0 Å². The van der Waals surface area contributed by atoms with Crippen LogP contribution in [0.15, 0.2) is 23.8 Å². The Bertz CT molecular complexity index is 389. The lowest BCUT2D eigenvalue weighted by Gasteiger charge is -2.23. The summed E-state index contributed by atoms with van der Waals surface area (Å²) in [5.41, 5.74) is 8.90. The molecule has 152 valence electrons. The lowest BCUT2D eigenvalue weighted by Crippen LogP contribution is -2.23. The third-order valence-electron chi connectivity index (χ3n) is 6.43. The average Bonchev–Trinajstić information content (AvgIpc) is 2.67. The zero-order chi connectivity index (χ0) is 19.2. The topological polar surface area (TPSA) is 26.0 Å². The third-order valence-corrected chi connectivity index (χ3v) is 6.43. The predicted octanol–water partition coefficient (Wildman–Crippen LogP) is 7.95. The lowest BCUT2D eigenvalue weighted by atomic mass is 9.84. The summed E-state index contributed by atoms with van der Waals surface area (Å²) in [6.07, 6.45) is 23.1. The molecule has 0 aromatic rings. The maximum Gasteiger partial charge on any atom is 0.0250 e. The second kappa shape index (κ2) is 14.5. The maximum atomic E-state index is 6.05. The number of rotatable bonds is 9. The van der Waals surface area contributed by atoms with Crippen LogP contribution in [0.4, 0.5) is 0 Å². The van der Waals surface area contributed by atoms with E-state index in [1.54, 1.807) is 5.57 Å². The molecule has 1 heteroatoms. The molecule has 2 atom stereocenters. The fraction of sp³-hybridized carbons (Fsp3) is 0.840. The van der Waals surface area contributed by atoms with Gasteiger partial charge in [-0.1, -0.05) is 89.0 Å². The van der Waals surface area contributed by atoms with E-state index in [0.29, 0.717) is 0 Å². The highest BCUT2D eigenvalue weighted by atomic mass is 14.6. The molecule has 2 unspecified atom stereocenters. The largest absolute Gasteiger partial charge is 0.324 e. The fourth-order valence-corrected chi connectivity index (χ4v) is 4.45. The standard InChI is InChI=1S/C13H25N.C12H22/c1-3-11(2)13(14)10-9-12-7-5-4-6-8-12;1-3-4-5-8-12-9-6-7-11(2)10-12/h12-13H,2-10,14H2,1H3;10,12H,3-9H2,1-2H3. The molecule has 2 N–H and O–H groups in total. The van der Waals surface area contributed by atoms with Gasteiger partial charge in [-0.2, -0.15) is 0 Å². The number of nitrogens with two attached hydrogens (primary N) is 1. The first-order valence-electron chi connectivity index (χ1n) is 11.7. The van der Waals surface area contributed by atoms with E-state index in [1.165, 1.54) is 89.0 Å². The smallest absolute Gasteiger partial charge is 0.0250 e. The zero-order valence-electron chi connectivity index (χ0n) is 18.2. The minimum absolute atomic E-state index is 0.252. The van der Waals surface area contributed by atoms with Gasteiger partial charge in [0, 0.05) is 6.04 Å². The lowest BCUT2D eigenvalue weighted by molar-refractivity contribution is 0.327. The molecule has 1 fully saturated rings. The van der Waals surface area contributed by atoms with Crippen LogP contribution < -0.4 is 5.73 Å². The molecule has 0 amide bonds. The molecule has 2 aliphatic rings. The van der Waals surface area contributed by atoms with E-state index in [-0.39, 0.29) is 6.04 Å². The van der Waals surface area contributed by atoms with E-state index in [9.17, 15) is 0 Å². The Hall–Kier alpha value is -0.560. The molecule has 0 aliphatic heterocycles. The van der Waals surface area contributed by atoms with Gasteiger partial charge in [0.1, 0.15) is 0 Å². The fourth-order valence-electron chi connectivity index (χ4n) is 4.45. The van der Waals surface area contributed by atoms with E-state index in [0.717, 1.165) is 24.7 Å². The van der Waals surface area contributed by atoms with E-state index >= 15 is 0 Å². The van der Waals surface area contributed by atoms with Crippen LogP contribution in [-0.2, 0) is 0 Å². The Balaban J connectivity index is 0.000000263. The van der Waals surface area contributed by atoms with E-state index in [4.69, 9.17) is 5.73 Å². The molecule has 26 heavy (non-hydrogen) atoms. The van der Waals surface area contributed by atoms with Crippen molar-refractivity contribution in [3.63, 3.8) is 0 Å². The van der Waals surface area contributed by atoms with Gasteiger partial charge in [0.25, 0.3) is 0 Å². The molecule has 0 heterocycles. The van der Waals surface area contributed by atoms with Gasteiger partial charge >= 0.3 is 0 Å². The van der Waals surface area contributed by atoms with Crippen LogP contribution in [0.5, 0.6) is 0 Å². The van der Waals surface area contributed by atoms with Crippen LogP contribution in [-0.4, -0.2) is 6.04 Å². The van der Waals surface area contributed by atoms with Gasteiger partial charge in [-0.05, 0) is 63.7 Å². The first-order chi connectivity index (χ1) is 12.6. The van der Waals surface area contributed by atoms with Crippen molar-refractivity contribution in [2.75, 3.05) is 0 Å². The number of hydrogen-bond donors (Lipinski definition) is 1. The summed E-state index contributed by atoms with van der Waals surface area (Å²) in [5.74, 6) is 1.88. The monoisotopic (exact) mass is 361 g/mol. The van der Waals surface area contributed by atoms with Crippen molar-refractivity contribution in [2.24, 2.45) is 17.6 Å². The van der Waals surface area contributed by atoms with Crippen LogP contribution in [0.25, 0.3) is 0 Å². The van der Waals surface area contributed by atoms with E-state index in [1.807, 2.05) is 0 Å². The second-order valence-corrected chi connectivity index (χ2v) is 8.86. The minimum atomic E-state index is 0.252. The molecular formula is C25H47N. The number of allylic oxidation sites excluding steroid dienone is 2. The zero-order valence-corrected chi connectivity index (χ0v) is 18.2. The van der Waals surface area contributed by atoms with Gasteiger partial charge in [0.05, 0.1) is 0 Å². The highest BCUT2D eigenvalue weighted by Gasteiger charge is 2.15. The van der Waals surface area contributed by atoms with Crippen molar-refractivity contribution in [3.05, 3.63) is 23.8 Å². The average molecular weight is 362 g/mol. The number of hydrogen-bond acceptors (Lipinski definition) is 1. The molecule has 1 nitrogen and oxygen atoms in total. The van der Waals surface area contributed by atoms with Crippen LogP contribution in [0, 0.1) is 11.8 Å². The highest BCUT2D eigenvalue weighted by Crippen LogP contribution is 2.28. The van der Waals surface area contributed by atoms with Crippen molar-refractivity contribution in [1.29, 1.82) is 0 Å². The first-order valence-corrected chi connectivity index (χ1v) is 11.7. The molecule has 0 bridgehead atoms. The van der Waals surface area contributed by atoms with Crippen molar-refractivity contribution in [1.82, 2.24) is 0 Å². The first kappa shape index (κ1) is 23.5. The quantitative estimate of drug-likeness (QED) is 0.327. The SMILES string of the molecule is C=C(CC)C(N)CCC1CCCCC1.CCCCCC1C=C(C)CCC1. The Labute approximate surface area is 164 Å². The molecule has 2 rings (SSSR count). The molecule has 0 aromatic heterocycles. The molecule has 0 radical (unpaired) electrons. The molecular weight excluding hydrogens is 314 g/mol. The van der Waals surface area contributed by atoms with Gasteiger partial charge in [0.2, 0.25) is 0 Å². The van der Waals surface area contributed by atoms with Gasteiger partial charge in [0.15, 0.2) is 0 Å². The van der Waals surface area contributed by atoms with Gasteiger partial charge in [-0.15, -0.1) is 0 Å². The number of unbranched alkanes of at least 4 members (excludes halogenated alkanes) is 2. The summed E-state index contributed by atoms with van der Waals surface area (Å²) < 4.78 is 0. The third kappa shape index (κ3) is 10.6. The Kier molecular flexibility index (Phi) is 13.1. The molecule has 0 saturated heterocycles. The van der Waals surface area contributed by atoms with Crippen molar-refractivity contribution in [2.45, 2.75) is 123 Å². The minimum Gasteiger partial charge on any atom is -0.324 e. The summed E-state index contributed by atoms with van der Waals surface area (Å²) >= 11 is 0. The van der Waals surface area contributed by atoms with Gasteiger partial charge < -0.3 is 5.73 Å². The highest BCUT2D eigenvalue weighted by molar-refractivity contribution is 5.04. The normalized spacial score (nSPS) is 22.2. The summed E-state index contributed by atoms with van der Waals surface area (Å²) in [5, 5.41) is 0. The van der Waals surface area contributed by atoms with Crippen molar-refractivity contribution in [3.8, 4) is 0 Å². The summed E-state index contributed by atoms with van der Waals surface area (Å²) in [4.78, 5) is 0. The van der Waals surface area contributed by atoms with Crippen LogP contribution in [0.1, 0.15) is 117 Å². The molecule has 2 aliphatic carbocycles. The maximum absolute atomic E-state index is 6.05. The van der Waals surface area contributed by atoms with E-state index in [2.05, 4.69) is 33.4 Å². The predicted molar refractivity (Wildman–Crippen MR) is 118 cm³/mol. The van der Waals surface area contributed by atoms with Gasteiger partial charge in [-0.3, -0.25) is 0 Å². The second-order valence-electron chi connectivity index (χ2n) is 8.86. The molecule has 0 spiro atoms. The molecule has 1 saturated carbocycles. The van der Waals surface area contributed by atoms with Crippen LogP contribution in [0.3, 0.4) is 0 Å². The van der Waals surface area contributed by atoms with Crippen molar-refractivity contribution >= 4 is 0 Å². The van der Waals surface area contributed by atoms with Gasteiger partial charge in [-0.25, -0.2) is 0 Å². The Morgan fingerprint density at radius 1 is 1.08 bits per heavy atom. The summed E-state index contributed by atoms with van der Waals surface area (Å²) in [7, 11) is 0. The Morgan fingerprint density at radius 3 is 2.42 bits per heavy atom. The Morgan fingerprint density at radius 2 is 1.81 bits per heavy atom. The van der Waals surface area contributed by atoms with Crippen LogP contribution >= 0.6 is 0 Å². The molecule has 0 aromatic carbocycles. The summed E-state index contributed by atoms with van der Waals surface area (Å²) in [6.45, 7) is 10.7. The van der Waals surface area contributed by atoms with Crippen LogP contribution in [0.2, 0.25) is 0 Å². The summed E-state index contributed by atoms with van der Waals surface area (Å²) in [6, 6.07) is 0.252. The van der Waals surface area contributed by atoms with E-state index < -0.39 is 0 Å².